The van der Waals surface area contributed by atoms with Crippen molar-refractivity contribution < 1.29 is 9.53 Å². The van der Waals surface area contributed by atoms with Crippen molar-refractivity contribution in [3.8, 4) is 5.75 Å². The van der Waals surface area contributed by atoms with E-state index < -0.39 is 0 Å². The zero-order valence-electron chi connectivity index (χ0n) is 15.0. The van der Waals surface area contributed by atoms with Crippen LogP contribution in [0.15, 0.2) is 30.5 Å². The summed E-state index contributed by atoms with van der Waals surface area (Å²) in [4.78, 5) is 23.5. The smallest absolute Gasteiger partial charge is 0.237 e. The maximum atomic E-state index is 12.5. The predicted molar refractivity (Wildman–Crippen MR) is 95.2 cm³/mol. The molecule has 0 spiro atoms. The molecule has 6 nitrogen and oxygen atoms in total. The minimum Gasteiger partial charge on any atom is -0.497 e. The molecular weight excluding hydrogens is 316 g/mol. The van der Waals surface area contributed by atoms with Crippen LogP contribution in [0.25, 0.3) is 0 Å². The number of amides is 1. The van der Waals surface area contributed by atoms with Gasteiger partial charge in [0.05, 0.1) is 18.8 Å². The van der Waals surface area contributed by atoms with Gasteiger partial charge in [-0.25, -0.2) is 9.97 Å². The van der Waals surface area contributed by atoms with Crippen LogP contribution in [0.1, 0.15) is 29.6 Å². The number of carbonyl (C=O) groups excluding carboxylic acids is 1. The number of hydrogen-bond acceptors (Lipinski definition) is 5. The molecular formula is C19H24N4O2. The first-order valence-corrected chi connectivity index (χ1v) is 8.53. The summed E-state index contributed by atoms with van der Waals surface area (Å²) in [5, 5.41) is 3.01. The van der Waals surface area contributed by atoms with Crippen LogP contribution in [0.3, 0.4) is 0 Å². The molecule has 0 bridgehead atoms. The van der Waals surface area contributed by atoms with E-state index in [0.717, 1.165) is 35.8 Å². The lowest BCUT2D eigenvalue weighted by atomic mass is 10.0. The second-order valence-corrected chi connectivity index (χ2v) is 6.35. The Balaban J connectivity index is 1.59. The van der Waals surface area contributed by atoms with Crippen molar-refractivity contribution in [1.82, 2.24) is 20.2 Å². The largest absolute Gasteiger partial charge is 0.497 e. The zero-order chi connectivity index (χ0) is 17.8. The van der Waals surface area contributed by atoms with Gasteiger partial charge in [-0.3, -0.25) is 9.69 Å². The van der Waals surface area contributed by atoms with E-state index in [0.29, 0.717) is 13.1 Å². The van der Waals surface area contributed by atoms with Crippen molar-refractivity contribution in [3.05, 3.63) is 53.1 Å². The molecule has 1 atom stereocenters. The molecule has 2 aromatic rings. The third kappa shape index (κ3) is 4.14. The summed E-state index contributed by atoms with van der Waals surface area (Å²) < 4.78 is 5.21. The molecule has 0 aliphatic carbocycles. The third-order valence-electron chi connectivity index (χ3n) is 4.62. The first-order valence-electron chi connectivity index (χ1n) is 8.53. The highest BCUT2D eigenvalue weighted by Crippen LogP contribution is 2.18. The number of carbonyl (C=O) groups is 1. The number of fused-ring (bicyclic) bond motifs is 1. The summed E-state index contributed by atoms with van der Waals surface area (Å²) in [6.45, 7) is 5.86. The summed E-state index contributed by atoms with van der Waals surface area (Å²) in [7, 11) is 1.64. The number of methoxy groups -OCH3 is 1. The number of aromatic nitrogens is 2. The van der Waals surface area contributed by atoms with E-state index in [-0.39, 0.29) is 11.9 Å². The van der Waals surface area contributed by atoms with Crippen molar-refractivity contribution in [2.45, 2.75) is 39.4 Å². The Morgan fingerprint density at radius 2 is 2.28 bits per heavy atom. The predicted octanol–water partition coefficient (Wildman–Crippen LogP) is 1.86. The molecule has 25 heavy (non-hydrogen) atoms. The molecule has 1 aliphatic rings. The van der Waals surface area contributed by atoms with E-state index in [1.807, 2.05) is 44.3 Å². The Morgan fingerprint density at radius 1 is 1.44 bits per heavy atom. The van der Waals surface area contributed by atoms with Gasteiger partial charge in [0.2, 0.25) is 5.91 Å². The van der Waals surface area contributed by atoms with Gasteiger partial charge in [-0.1, -0.05) is 12.1 Å². The minimum absolute atomic E-state index is 0.0250. The lowest BCUT2D eigenvalue weighted by Crippen LogP contribution is -2.47. The molecule has 3 rings (SSSR count). The molecule has 0 fully saturated rings. The second kappa shape index (κ2) is 7.61. The maximum absolute atomic E-state index is 12.5. The van der Waals surface area contributed by atoms with Gasteiger partial charge in [0.25, 0.3) is 0 Å². The summed E-state index contributed by atoms with van der Waals surface area (Å²) in [6, 6.07) is 7.52. The fourth-order valence-electron chi connectivity index (χ4n) is 3.04. The number of nitrogens with one attached hydrogen (secondary N) is 1. The number of ether oxygens (including phenoxy) is 1. The summed E-state index contributed by atoms with van der Waals surface area (Å²) in [5.41, 5.74) is 3.24. The maximum Gasteiger partial charge on any atom is 0.237 e. The minimum atomic E-state index is -0.200. The Morgan fingerprint density at radius 3 is 3.08 bits per heavy atom. The molecule has 1 amide bonds. The van der Waals surface area contributed by atoms with Crippen LogP contribution in [0.2, 0.25) is 0 Å². The van der Waals surface area contributed by atoms with E-state index in [9.17, 15) is 4.79 Å². The van der Waals surface area contributed by atoms with Gasteiger partial charge < -0.3 is 10.1 Å². The molecule has 132 valence electrons. The number of hydrogen-bond donors (Lipinski definition) is 1. The fourth-order valence-corrected chi connectivity index (χ4v) is 3.04. The number of aryl methyl sites for hydroxylation is 1. The van der Waals surface area contributed by atoms with Gasteiger partial charge in [0.15, 0.2) is 0 Å². The average Bonchev–Trinajstić information content (AvgIpc) is 2.65. The summed E-state index contributed by atoms with van der Waals surface area (Å²) in [6.07, 6.45) is 2.78. The van der Waals surface area contributed by atoms with Gasteiger partial charge in [-0.05, 0) is 43.5 Å². The van der Waals surface area contributed by atoms with E-state index in [4.69, 9.17) is 4.74 Å². The Labute approximate surface area is 148 Å². The van der Waals surface area contributed by atoms with Crippen molar-refractivity contribution in [2.24, 2.45) is 0 Å². The first kappa shape index (κ1) is 17.4. The SMILES string of the molecule is COc1cccc(CNC(=O)[C@H](C)N2CCc3cnc(C)nc3C2)c1. The Kier molecular flexibility index (Phi) is 5.28. The van der Waals surface area contributed by atoms with Crippen molar-refractivity contribution in [2.75, 3.05) is 13.7 Å². The highest BCUT2D eigenvalue weighted by atomic mass is 16.5. The van der Waals surface area contributed by atoms with E-state index >= 15 is 0 Å². The molecule has 1 N–H and O–H groups in total. The normalized spacial score (nSPS) is 15.3. The van der Waals surface area contributed by atoms with Crippen LogP contribution in [-0.4, -0.2) is 40.5 Å². The summed E-state index contributed by atoms with van der Waals surface area (Å²) >= 11 is 0. The van der Waals surface area contributed by atoms with Crippen LogP contribution in [0.5, 0.6) is 5.75 Å². The van der Waals surface area contributed by atoms with Crippen molar-refractivity contribution in [1.29, 1.82) is 0 Å². The number of nitrogens with zero attached hydrogens (tertiary/aromatic N) is 3. The molecule has 1 aromatic carbocycles. The topological polar surface area (TPSA) is 67.3 Å². The molecule has 0 saturated heterocycles. The van der Waals surface area contributed by atoms with Gasteiger partial charge >= 0.3 is 0 Å². The highest BCUT2D eigenvalue weighted by molar-refractivity contribution is 5.81. The number of rotatable bonds is 5. The van der Waals surface area contributed by atoms with Crippen LogP contribution in [0, 0.1) is 6.92 Å². The Bertz CT molecular complexity index is 763. The molecule has 0 radical (unpaired) electrons. The molecule has 1 aliphatic heterocycles. The van der Waals surface area contributed by atoms with Crippen LogP contribution in [-0.2, 0) is 24.3 Å². The zero-order valence-corrected chi connectivity index (χ0v) is 15.0. The number of benzene rings is 1. The molecule has 6 heteroatoms. The van der Waals surface area contributed by atoms with Gasteiger partial charge in [-0.15, -0.1) is 0 Å². The van der Waals surface area contributed by atoms with Crippen LogP contribution < -0.4 is 10.1 Å². The van der Waals surface area contributed by atoms with Gasteiger partial charge in [0, 0.05) is 25.8 Å². The highest BCUT2D eigenvalue weighted by Gasteiger charge is 2.26. The van der Waals surface area contributed by atoms with Crippen LogP contribution >= 0.6 is 0 Å². The second-order valence-electron chi connectivity index (χ2n) is 6.35. The van der Waals surface area contributed by atoms with E-state index in [1.165, 1.54) is 5.56 Å². The van der Waals surface area contributed by atoms with Gasteiger partial charge in [-0.2, -0.15) is 0 Å². The van der Waals surface area contributed by atoms with E-state index in [1.54, 1.807) is 7.11 Å². The average molecular weight is 340 g/mol. The van der Waals surface area contributed by atoms with Crippen molar-refractivity contribution >= 4 is 5.91 Å². The molecule has 0 unspecified atom stereocenters. The standard InChI is InChI=1S/C19H24N4O2/c1-13(19(24)21-10-15-5-4-6-17(9-15)25-3)23-8-7-16-11-20-14(2)22-18(16)12-23/h4-6,9,11,13H,7-8,10,12H2,1-3H3,(H,21,24)/t13-/m0/s1. The summed E-state index contributed by atoms with van der Waals surface area (Å²) in [5.74, 6) is 1.59. The van der Waals surface area contributed by atoms with E-state index in [2.05, 4.69) is 20.2 Å². The first-order chi connectivity index (χ1) is 12.1. The molecule has 2 heterocycles. The lowest BCUT2D eigenvalue weighted by Gasteiger charge is -2.32. The Hall–Kier alpha value is -2.47. The third-order valence-corrected chi connectivity index (χ3v) is 4.62. The monoisotopic (exact) mass is 340 g/mol. The molecule has 1 aromatic heterocycles. The fraction of sp³-hybridized carbons (Fsp3) is 0.421. The van der Waals surface area contributed by atoms with Gasteiger partial charge in [0.1, 0.15) is 11.6 Å². The van der Waals surface area contributed by atoms with Crippen LogP contribution in [0.4, 0.5) is 0 Å². The molecule has 0 saturated carbocycles. The van der Waals surface area contributed by atoms with Crippen molar-refractivity contribution in [3.63, 3.8) is 0 Å². The lowest BCUT2D eigenvalue weighted by molar-refractivity contribution is -0.126. The quantitative estimate of drug-likeness (QED) is 0.900.